The summed E-state index contributed by atoms with van der Waals surface area (Å²) < 4.78 is 5.37. The van der Waals surface area contributed by atoms with Crippen LogP contribution in [0.15, 0.2) is 27.8 Å². The average Bonchev–Trinajstić information content (AvgIpc) is 2.96. The van der Waals surface area contributed by atoms with E-state index in [0.717, 1.165) is 37.5 Å². The Labute approximate surface area is 127 Å². The zero-order valence-electron chi connectivity index (χ0n) is 13.3. The van der Waals surface area contributed by atoms with Crippen molar-refractivity contribution >= 4 is 5.96 Å². The molecule has 5 nitrogen and oxygen atoms in total. The van der Waals surface area contributed by atoms with Crippen molar-refractivity contribution in [2.75, 3.05) is 20.6 Å². The molecule has 2 rings (SSSR count). The number of nitrogens with one attached hydrogen (secondary N) is 1. The molecule has 0 spiro atoms. The highest BCUT2D eigenvalue weighted by molar-refractivity contribution is 5.79. The van der Waals surface area contributed by atoms with Crippen molar-refractivity contribution in [1.82, 2.24) is 10.2 Å². The van der Waals surface area contributed by atoms with Gasteiger partial charge in [-0.1, -0.05) is 19.8 Å². The van der Waals surface area contributed by atoms with E-state index in [4.69, 9.17) is 4.42 Å². The predicted octanol–water partition coefficient (Wildman–Crippen LogP) is 2.23. The third-order valence-corrected chi connectivity index (χ3v) is 4.48. The van der Waals surface area contributed by atoms with Crippen LogP contribution in [0.4, 0.5) is 0 Å². The molecule has 1 aliphatic carbocycles. The van der Waals surface area contributed by atoms with E-state index in [1.807, 2.05) is 24.1 Å². The van der Waals surface area contributed by atoms with E-state index in [-0.39, 0.29) is 11.5 Å². The van der Waals surface area contributed by atoms with Gasteiger partial charge in [0.25, 0.3) is 0 Å². The van der Waals surface area contributed by atoms with E-state index in [1.54, 1.807) is 13.3 Å². The second-order valence-electron chi connectivity index (χ2n) is 6.25. The summed E-state index contributed by atoms with van der Waals surface area (Å²) in [5.41, 5.74) is -0.0697. The van der Waals surface area contributed by atoms with Gasteiger partial charge in [-0.25, -0.2) is 0 Å². The lowest BCUT2D eigenvalue weighted by molar-refractivity contribution is 0.00368. The van der Waals surface area contributed by atoms with Gasteiger partial charge in [0, 0.05) is 26.1 Å². The summed E-state index contributed by atoms with van der Waals surface area (Å²) in [7, 11) is 3.76. The molecule has 118 valence electrons. The summed E-state index contributed by atoms with van der Waals surface area (Å²) in [5.74, 6) is 1.73. The standard InChI is InChI=1S/C16H27N3O2/c1-16(9-5-4-8-14(16)20)12-18-15(17-2)19(3)11-13-7-6-10-21-13/h6-7,10,14,20H,4-5,8-9,11-12H2,1-3H3,(H,17,18). The lowest BCUT2D eigenvalue weighted by Crippen LogP contribution is -2.48. The molecule has 1 aromatic heterocycles. The Hall–Kier alpha value is -1.49. The van der Waals surface area contributed by atoms with Crippen LogP contribution in [-0.2, 0) is 6.54 Å². The maximum atomic E-state index is 10.3. The molecular formula is C16H27N3O2. The fraction of sp³-hybridized carbons (Fsp3) is 0.688. The normalized spacial score (nSPS) is 26.7. The minimum absolute atomic E-state index is 0.0697. The van der Waals surface area contributed by atoms with Crippen LogP contribution in [0.1, 0.15) is 38.4 Å². The molecule has 0 saturated heterocycles. The highest BCUT2D eigenvalue weighted by Crippen LogP contribution is 2.35. The molecule has 2 atom stereocenters. The zero-order valence-corrected chi connectivity index (χ0v) is 13.3. The molecule has 0 radical (unpaired) electrons. The van der Waals surface area contributed by atoms with Crippen molar-refractivity contribution in [3.8, 4) is 0 Å². The second-order valence-corrected chi connectivity index (χ2v) is 6.25. The Balaban J connectivity index is 1.90. The van der Waals surface area contributed by atoms with Crippen LogP contribution >= 0.6 is 0 Å². The van der Waals surface area contributed by atoms with Crippen molar-refractivity contribution < 1.29 is 9.52 Å². The Bertz CT molecular complexity index is 458. The molecule has 2 unspecified atom stereocenters. The Morgan fingerprint density at radius 1 is 1.57 bits per heavy atom. The first-order valence-corrected chi connectivity index (χ1v) is 7.67. The average molecular weight is 293 g/mol. The minimum Gasteiger partial charge on any atom is -0.467 e. The summed E-state index contributed by atoms with van der Waals surface area (Å²) in [6.07, 6.45) is 5.73. The minimum atomic E-state index is -0.229. The Morgan fingerprint density at radius 2 is 2.38 bits per heavy atom. The fourth-order valence-corrected chi connectivity index (χ4v) is 2.96. The number of furan rings is 1. The maximum absolute atomic E-state index is 10.3. The van der Waals surface area contributed by atoms with Gasteiger partial charge in [-0.15, -0.1) is 0 Å². The zero-order chi connectivity index (χ0) is 15.3. The van der Waals surface area contributed by atoms with Crippen molar-refractivity contribution in [2.24, 2.45) is 10.4 Å². The third-order valence-electron chi connectivity index (χ3n) is 4.48. The van der Waals surface area contributed by atoms with Gasteiger partial charge in [-0.3, -0.25) is 4.99 Å². The first-order valence-electron chi connectivity index (χ1n) is 7.67. The molecule has 5 heteroatoms. The van der Waals surface area contributed by atoms with Gasteiger partial charge in [-0.05, 0) is 25.0 Å². The van der Waals surface area contributed by atoms with E-state index >= 15 is 0 Å². The third kappa shape index (κ3) is 4.00. The SMILES string of the molecule is CN=C(NCC1(C)CCCCC1O)N(C)Cc1ccco1. The van der Waals surface area contributed by atoms with E-state index in [2.05, 4.69) is 17.2 Å². The number of hydrogen-bond donors (Lipinski definition) is 2. The summed E-state index contributed by atoms with van der Waals surface area (Å²) >= 11 is 0. The van der Waals surface area contributed by atoms with Crippen molar-refractivity contribution in [3.05, 3.63) is 24.2 Å². The van der Waals surface area contributed by atoms with E-state index in [1.165, 1.54) is 6.42 Å². The summed E-state index contributed by atoms with van der Waals surface area (Å²) in [6, 6.07) is 3.84. The first kappa shape index (κ1) is 15.9. The van der Waals surface area contributed by atoms with Gasteiger partial charge >= 0.3 is 0 Å². The number of hydrogen-bond acceptors (Lipinski definition) is 3. The fourth-order valence-electron chi connectivity index (χ4n) is 2.96. The molecule has 1 aliphatic rings. The van der Waals surface area contributed by atoms with Gasteiger partial charge < -0.3 is 19.7 Å². The Kier molecular flexibility index (Phi) is 5.28. The summed E-state index contributed by atoms with van der Waals surface area (Å²) in [4.78, 5) is 6.34. The number of aliphatic hydroxyl groups is 1. The van der Waals surface area contributed by atoms with Crippen LogP contribution in [0.2, 0.25) is 0 Å². The summed E-state index contributed by atoms with van der Waals surface area (Å²) in [5, 5.41) is 13.6. The molecule has 21 heavy (non-hydrogen) atoms. The molecule has 0 bridgehead atoms. The topological polar surface area (TPSA) is 61.0 Å². The largest absolute Gasteiger partial charge is 0.467 e. The van der Waals surface area contributed by atoms with Crippen LogP contribution in [0.3, 0.4) is 0 Å². The van der Waals surface area contributed by atoms with Crippen molar-refractivity contribution in [1.29, 1.82) is 0 Å². The van der Waals surface area contributed by atoms with Crippen molar-refractivity contribution in [3.63, 3.8) is 0 Å². The second kappa shape index (κ2) is 6.98. The number of rotatable bonds is 4. The molecule has 0 aliphatic heterocycles. The quantitative estimate of drug-likeness (QED) is 0.660. The molecule has 1 heterocycles. The molecule has 0 aromatic carbocycles. The lowest BCUT2D eigenvalue weighted by atomic mass is 9.73. The molecule has 1 fully saturated rings. The van der Waals surface area contributed by atoms with Crippen LogP contribution in [-0.4, -0.2) is 42.7 Å². The van der Waals surface area contributed by atoms with E-state index in [9.17, 15) is 5.11 Å². The number of aliphatic hydroxyl groups excluding tert-OH is 1. The molecule has 1 saturated carbocycles. The molecular weight excluding hydrogens is 266 g/mol. The van der Waals surface area contributed by atoms with Crippen LogP contribution in [0, 0.1) is 5.41 Å². The van der Waals surface area contributed by atoms with Crippen LogP contribution in [0.25, 0.3) is 0 Å². The first-order chi connectivity index (χ1) is 10.0. The van der Waals surface area contributed by atoms with Gasteiger partial charge in [0.15, 0.2) is 5.96 Å². The number of guanidine groups is 1. The molecule has 1 aromatic rings. The highest BCUT2D eigenvalue weighted by Gasteiger charge is 2.35. The monoisotopic (exact) mass is 293 g/mol. The van der Waals surface area contributed by atoms with Gasteiger partial charge in [-0.2, -0.15) is 0 Å². The highest BCUT2D eigenvalue weighted by atomic mass is 16.3. The van der Waals surface area contributed by atoms with Gasteiger partial charge in [0.2, 0.25) is 0 Å². The molecule has 0 amide bonds. The number of aliphatic imine (C=N–C) groups is 1. The maximum Gasteiger partial charge on any atom is 0.193 e. The summed E-state index contributed by atoms with van der Waals surface area (Å²) in [6.45, 7) is 3.57. The smallest absolute Gasteiger partial charge is 0.193 e. The van der Waals surface area contributed by atoms with E-state index < -0.39 is 0 Å². The van der Waals surface area contributed by atoms with Crippen LogP contribution < -0.4 is 5.32 Å². The van der Waals surface area contributed by atoms with Crippen molar-refractivity contribution in [2.45, 2.75) is 45.3 Å². The Morgan fingerprint density at radius 3 is 3.00 bits per heavy atom. The predicted molar refractivity (Wildman–Crippen MR) is 84.1 cm³/mol. The molecule has 2 N–H and O–H groups in total. The van der Waals surface area contributed by atoms with E-state index in [0.29, 0.717) is 6.54 Å². The van der Waals surface area contributed by atoms with Gasteiger partial charge in [0.1, 0.15) is 5.76 Å². The van der Waals surface area contributed by atoms with Gasteiger partial charge in [0.05, 0.1) is 18.9 Å². The van der Waals surface area contributed by atoms with Crippen LogP contribution in [0.5, 0.6) is 0 Å². The lowest BCUT2D eigenvalue weighted by Gasteiger charge is -2.39. The number of nitrogens with zero attached hydrogens (tertiary/aromatic N) is 2.